The van der Waals surface area contributed by atoms with Crippen LogP contribution in [0, 0.1) is 0 Å². The van der Waals surface area contributed by atoms with E-state index in [0.717, 1.165) is 57.8 Å². The molecule has 0 bridgehead atoms. The zero-order valence-corrected chi connectivity index (χ0v) is 30.2. The Bertz CT molecular complexity index is 923. The number of phosphoric acid groups is 1. The molecular formula is C37H65O9P. The van der Waals surface area contributed by atoms with E-state index in [0.29, 0.717) is 19.3 Å². The molecule has 0 aliphatic heterocycles. The van der Waals surface area contributed by atoms with E-state index in [4.69, 9.17) is 19.3 Å². The fourth-order valence-electron chi connectivity index (χ4n) is 4.68. The number of carbonyl (C=O) groups is 2. The first-order chi connectivity index (χ1) is 22.7. The molecule has 0 aliphatic carbocycles. The maximum atomic E-state index is 12.3. The predicted molar refractivity (Wildman–Crippen MR) is 190 cm³/mol. The zero-order valence-electron chi connectivity index (χ0n) is 29.3. The van der Waals surface area contributed by atoms with Gasteiger partial charge in [0.2, 0.25) is 0 Å². The van der Waals surface area contributed by atoms with Crippen LogP contribution in [-0.2, 0) is 28.2 Å². The molecule has 0 amide bonds. The van der Waals surface area contributed by atoms with Crippen LogP contribution in [0.25, 0.3) is 0 Å². The molecule has 0 heterocycles. The molecule has 2 atom stereocenters. The molecule has 0 radical (unpaired) electrons. The number of phosphoric ester groups is 1. The minimum absolute atomic E-state index is 0.119. The zero-order chi connectivity index (χ0) is 34.9. The van der Waals surface area contributed by atoms with Crippen molar-refractivity contribution < 1.29 is 43.0 Å². The Kier molecular flexibility index (Phi) is 31.1. The SMILES string of the molecule is CCCCCCCCCCCCCC(=O)OC[C@H](COP(=O)(O)O)OC(=O)CCC/C=C\C/C=C\C/C=C\C/C=C\[C@H](O)CCCC. The summed E-state index contributed by atoms with van der Waals surface area (Å²) in [7, 11) is -4.77. The second-order valence-electron chi connectivity index (χ2n) is 12.0. The number of allylic oxidation sites excluding steroid dienone is 7. The molecule has 47 heavy (non-hydrogen) atoms. The molecule has 0 spiro atoms. The third-order valence-corrected chi connectivity index (χ3v) is 7.91. The van der Waals surface area contributed by atoms with Gasteiger partial charge in [-0.05, 0) is 44.9 Å². The van der Waals surface area contributed by atoms with Crippen LogP contribution in [0.1, 0.15) is 149 Å². The van der Waals surface area contributed by atoms with E-state index >= 15 is 0 Å². The molecule has 0 aromatic heterocycles. The third kappa shape index (κ3) is 35.1. The highest BCUT2D eigenvalue weighted by molar-refractivity contribution is 7.46. The number of hydrogen-bond donors (Lipinski definition) is 3. The van der Waals surface area contributed by atoms with Crippen LogP contribution < -0.4 is 0 Å². The number of ether oxygens (including phenoxy) is 2. The van der Waals surface area contributed by atoms with Gasteiger partial charge < -0.3 is 24.4 Å². The predicted octanol–water partition coefficient (Wildman–Crippen LogP) is 9.37. The molecule has 3 N–H and O–H groups in total. The van der Waals surface area contributed by atoms with Gasteiger partial charge in [0.15, 0.2) is 6.10 Å². The van der Waals surface area contributed by atoms with Crippen molar-refractivity contribution in [2.24, 2.45) is 0 Å². The Labute approximate surface area is 285 Å². The highest BCUT2D eigenvalue weighted by Gasteiger charge is 2.22. The lowest BCUT2D eigenvalue weighted by molar-refractivity contribution is -0.161. The normalized spacial score (nSPS) is 13.7. The average Bonchev–Trinajstić information content (AvgIpc) is 3.03. The van der Waals surface area contributed by atoms with E-state index in [1.807, 2.05) is 24.3 Å². The molecule has 0 rings (SSSR count). The standard InChI is InChI=1S/C37H65O9P/c1-3-5-7-8-9-10-13-17-20-23-26-30-36(39)44-32-35(33-45-47(41,42)43)46-37(40)31-27-24-21-18-15-12-11-14-16-19-22-25-29-34(38)28-6-4-2/h11-12,16,18-19,21,25,29,34-35,38H,3-10,13-15,17,20,22-24,26-28,30-33H2,1-2H3,(H2,41,42,43)/b12-11-,19-16-,21-18-,29-25-/t34-,35-/m1/s1. The Morgan fingerprint density at radius 1 is 0.638 bits per heavy atom. The minimum atomic E-state index is -4.77. The van der Waals surface area contributed by atoms with Crippen molar-refractivity contribution in [2.75, 3.05) is 13.2 Å². The van der Waals surface area contributed by atoms with E-state index in [9.17, 15) is 19.3 Å². The second-order valence-corrected chi connectivity index (χ2v) is 13.3. The molecule has 9 nitrogen and oxygen atoms in total. The van der Waals surface area contributed by atoms with Crippen molar-refractivity contribution in [1.29, 1.82) is 0 Å². The number of carbonyl (C=O) groups excluding carboxylic acids is 2. The van der Waals surface area contributed by atoms with Crippen molar-refractivity contribution in [3.8, 4) is 0 Å². The summed E-state index contributed by atoms with van der Waals surface area (Å²) in [6, 6.07) is 0. The molecule has 272 valence electrons. The average molecular weight is 685 g/mol. The molecule has 0 aromatic carbocycles. The van der Waals surface area contributed by atoms with E-state index < -0.39 is 32.5 Å². The number of hydrogen-bond acceptors (Lipinski definition) is 7. The van der Waals surface area contributed by atoms with Gasteiger partial charge in [-0.25, -0.2) is 4.57 Å². The van der Waals surface area contributed by atoms with Crippen LogP contribution in [-0.4, -0.2) is 52.3 Å². The number of aliphatic hydroxyl groups is 1. The molecule has 0 aromatic rings. The van der Waals surface area contributed by atoms with Crippen LogP contribution in [0.4, 0.5) is 0 Å². The lowest BCUT2D eigenvalue weighted by atomic mass is 10.1. The van der Waals surface area contributed by atoms with E-state index in [1.165, 1.54) is 44.9 Å². The molecule has 10 heteroatoms. The van der Waals surface area contributed by atoms with Crippen molar-refractivity contribution >= 4 is 19.8 Å². The number of rotatable bonds is 32. The molecule has 0 unspecified atom stereocenters. The van der Waals surface area contributed by atoms with Gasteiger partial charge in [-0.15, -0.1) is 0 Å². The maximum absolute atomic E-state index is 12.3. The molecule has 0 fully saturated rings. The van der Waals surface area contributed by atoms with Crippen molar-refractivity contribution in [3.63, 3.8) is 0 Å². The first-order valence-electron chi connectivity index (χ1n) is 18.0. The van der Waals surface area contributed by atoms with Gasteiger partial charge in [0.1, 0.15) is 6.61 Å². The fourth-order valence-corrected chi connectivity index (χ4v) is 5.04. The van der Waals surface area contributed by atoms with Gasteiger partial charge in [-0.1, -0.05) is 140 Å². The van der Waals surface area contributed by atoms with Crippen LogP contribution >= 0.6 is 7.82 Å². The summed E-state index contributed by atoms with van der Waals surface area (Å²) >= 11 is 0. The van der Waals surface area contributed by atoms with Crippen LogP contribution in [0.3, 0.4) is 0 Å². The largest absolute Gasteiger partial charge is 0.469 e. The quantitative estimate of drug-likeness (QED) is 0.0274. The Morgan fingerprint density at radius 2 is 1.15 bits per heavy atom. The molecular weight excluding hydrogens is 619 g/mol. The third-order valence-electron chi connectivity index (χ3n) is 7.42. The van der Waals surface area contributed by atoms with E-state index in [-0.39, 0.29) is 25.6 Å². The summed E-state index contributed by atoms with van der Waals surface area (Å²) in [5.41, 5.74) is 0. The van der Waals surface area contributed by atoms with Crippen molar-refractivity contribution in [1.82, 2.24) is 0 Å². The van der Waals surface area contributed by atoms with Gasteiger partial charge in [0.05, 0.1) is 12.7 Å². The first-order valence-corrected chi connectivity index (χ1v) is 19.6. The van der Waals surface area contributed by atoms with Crippen LogP contribution in [0.5, 0.6) is 0 Å². The second kappa shape index (κ2) is 32.5. The van der Waals surface area contributed by atoms with E-state index in [2.05, 4.69) is 42.7 Å². The summed E-state index contributed by atoms with van der Waals surface area (Å²) in [4.78, 5) is 42.6. The summed E-state index contributed by atoms with van der Waals surface area (Å²) in [6.07, 6.45) is 34.6. The topological polar surface area (TPSA) is 140 Å². The highest BCUT2D eigenvalue weighted by Crippen LogP contribution is 2.35. The van der Waals surface area contributed by atoms with Crippen LogP contribution in [0.15, 0.2) is 48.6 Å². The van der Waals surface area contributed by atoms with E-state index in [1.54, 1.807) is 0 Å². The maximum Gasteiger partial charge on any atom is 0.469 e. The first kappa shape index (κ1) is 45.0. The Hall–Kier alpha value is -2.03. The number of esters is 2. The highest BCUT2D eigenvalue weighted by atomic mass is 31.2. The molecule has 0 aliphatic rings. The van der Waals surface area contributed by atoms with Gasteiger partial charge in [-0.3, -0.25) is 14.1 Å². The van der Waals surface area contributed by atoms with Crippen LogP contribution in [0.2, 0.25) is 0 Å². The summed E-state index contributed by atoms with van der Waals surface area (Å²) in [5, 5.41) is 9.77. The number of aliphatic hydroxyl groups excluding tert-OH is 1. The number of unbranched alkanes of at least 4 members (excludes halogenated alkanes) is 12. The van der Waals surface area contributed by atoms with Gasteiger partial charge >= 0.3 is 19.8 Å². The van der Waals surface area contributed by atoms with Gasteiger partial charge in [-0.2, -0.15) is 0 Å². The van der Waals surface area contributed by atoms with Crippen molar-refractivity contribution in [2.45, 2.75) is 161 Å². The fraction of sp³-hybridized carbons (Fsp3) is 0.730. The summed E-state index contributed by atoms with van der Waals surface area (Å²) < 4.78 is 26.2. The van der Waals surface area contributed by atoms with Gasteiger partial charge in [0.25, 0.3) is 0 Å². The Balaban J connectivity index is 4.14. The summed E-state index contributed by atoms with van der Waals surface area (Å²) in [6.45, 7) is 3.45. The lowest BCUT2D eigenvalue weighted by Crippen LogP contribution is -2.29. The lowest BCUT2D eigenvalue weighted by Gasteiger charge is -2.18. The monoisotopic (exact) mass is 684 g/mol. The minimum Gasteiger partial charge on any atom is -0.462 e. The smallest absolute Gasteiger partial charge is 0.462 e. The van der Waals surface area contributed by atoms with Crippen molar-refractivity contribution in [3.05, 3.63) is 48.6 Å². The molecule has 0 saturated heterocycles. The summed E-state index contributed by atoms with van der Waals surface area (Å²) in [5.74, 6) is -0.976. The van der Waals surface area contributed by atoms with Gasteiger partial charge in [0, 0.05) is 12.8 Å². The Morgan fingerprint density at radius 3 is 1.72 bits per heavy atom. The molecule has 0 saturated carbocycles.